The smallest absolute Gasteiger partial charge is 0.308 e. The number of ketones is 1. The zero-order chi connectivity index (χ0) is 21.2. The molecule has 6 heteroatoms. The summed E-state index contributed by atoms with van der Waals surface area (Å²) in [5.74, 6) is -0.168. The van der Waals surface area contributed by atoms with Gasteiger partial charge in [0.15, 0.2) is 6.61 Å². The summed E-state index contributed by atoms with van der Waals surface area (Å²) >= 11 is 0. The van der Waals surface area contributed by atoms with Crippen LogP contribution in [0.5, 0.6) is 0 Å². The molecule has 1 aromatic carbocycles. The van der Waals surface area contributed by atoms with Crippen molar-refractivity contribution in [3.63, 3.8) is 0 Å². The maximum atomic E-state index is 12.9. The number of hydrogen-bond donors (Lipinski definition) is 0. The molecular weight excluding hydrogens is 382 g/mol. The molecule has 6 rings (SSSR count). The third-order valence-electron chi connectivity index (χ3n) is 7.35. The average Bonchev–Trinajstić information content (AvgIpc) is 3.51. The minimum Gasteiger partial charge on any atom is -0.457 e. The van der Waals surface area contributed by atoms with Gasteiger partial charge in [-0.25, -0.2) is 0 Å². The highest BCUT2D eigenvalue weighted by Gasteiger charge is 2.66. The number of hydrogen-bond acceptors (Lipinski definition) is 5. The molecule has 1 aliphatic heterocycles. The lowest BCUT2D eigenvalue weighted by molar-refractivity contribution is -0.145. The Morgan fingerprint density at radius 1 is 1.03 bits per heavy atom. The van der Waals surface area contributed by atoms with Gasteiger partial charge in [0.05, 0.1) is 18.3 Å². The summed E-state index contributed by atoms with van der Waals surface area (Å²) in [5.41, 5.74) is 2.33. The third-order valence-corrected chi connectivity index (χ3v) is 7.35. The number of esters is 1. The molecule has 2 amide bonds. The molecule has 3 fully saturated rings. The first kappa shape index (κ1) is 19.2. The Balaban J connectivity index is 1.17. The highest BCUT2D eigenvalue weighted by molar-refractivity contribution is 6.06. The first-order chi connectivity index (χ1) is 14.4. The number of aryl methyl sites for hydroxylation is 2. The van der Waals surface area contributed by atoms with Crippen molar-refractivity contribution in [1.82, 2.24) is 4.90 Å². The Hall–Kier alpha value is -2.76. The van der Waals surface area contributed by atoms with Gasteiger partial charge < -0.3 is 4.74 Å². The summed E-state index contributed by atoms with van der Waals surface area (Å²) in [6.45, 7) is 3.42. The van der Waals surface area contributed by atoms with Crippen LogP contribution in [-0.2, 0) is 19.1 Å². The molecule has 30 heavy (non-hydrogen) atoms. The Labute approximate surface area is 175 Å². The first-order valence-corrected chi connectivity index (χ1v) is 10.7. The van der Waals surface area contributed by atoms with Crippen LogP contribution in [0.2, 0.25) is 0 Å². The van der Waals surface area contributed by atoms with E-state index in [9.17, 15) is 19.2 Å². The van der Waals surface area contributed by atoms with Crippen molar-refractivity contribution in [2.24, 2.45) is 35.5 Å². The molecule has 1 saturated heterocycles. The Kier molecular flexibility index (Phi) is 4.42. The van der Waals surface area contributed by atoms with Gasteiger partial charge in [0.25, 0.3) is 0 Å². The maximum absolute atomic E-state index is 12.9. The largest absolute Gasteiger partial charge is 0.457 e. The molecule has 156 valence electrons. The highest BCUT2D eigenvalue weighted by atomic mass is 16.5. The minimum atomic E-state index is -0.576. The second-order valence-electron chi connectivity index (χ2n) is 9.13. The van der Waals surface area contributed by atoms with Crippen LogP contribution in [0.4, 0.5) is 0 Å². The number of ether oxygens (including phenoxy) is 1. The lowest BCUT2D eigenvalue weighted by Gasteiger charge is -2.37. The summed E-state index contributed by atoms with van der Waals surface area (Å²) in [6, 6.07) is 5.56. The van der Waals surface area contributed by atoms with E-state index in [4.69, 9.17) is 4.74 Å². The summed E-state index contributed by atoms with van der Waals surface area (Å²) < 4.78 is 5.13. The van der Waals surface area contributed by atoms with Gasteiger partial charge in [-0.15, -0.1) is 0 Å². The SMILES string of the molecule is Cc1ccc(C)c(C(=O)COC(=O)CCN2C(=O)[C@H]3[C@@H]4C=C[C@@H]([C@H]5C[C@H]45)[C@@H]3C2=O)c1. The van der Waals surface area contributed by atoms with Crippen LogP contribution >= 0.6 is 0 Å². The van der Waals surface area contributed by atoms with Crippen LogP contribution in [0.25, 0.3) is 0 Å². The van der Waals surface area contributed by atoms with E-state index in [0.717, 1.165) is 17.5 Å². The van der Waals surface area contributed by atoms with E-state index in [2.05, 4.69) is 12.2 Å². The zero-order valence-corrected chi connectivity index (χ0v) is 17.2. The van der Waals surface area contributed by atoms with E-state index in [1.807, 2.05) is 26.0 Å². The molecule has 5 aliphatic rings. The summed E-state index contributed by atoms with van der Waals surface area (Å²) in [7, 11) is 0. The number of rotatable bonds is 6. The van der Waals surface area contributed by atoms with Crippen LogP contribution in [0.1, 0.15) is 34.3 Å². The molecule has 2 bridgehead atoms. The second kappa shape index (κ2) is 6.89. The van der Waals surface area contributed by atoms with E-state index in [1.54, 1.807) is 6.07 Å². The number of imide groups is 1. The van der Waals surface area contributed by atoms with Crippen LogP contribution in [-0.4, -0.2) is 41.6 Å². The number of amides is 2. The topological polar surface area (TPSA) is 80.8 Å². The van der Waals surface area contributed by atoms with Crippen molar-refractivity contribution in [3.8, 4) is 0 Å². The van der Waals surface area contributed by atoms with Gasteiger partial charge in [0.1, 0.15) is 0 Å². The average molecular weight is 407 g/mol. The van der Waals surface area contributed by atoms with E-state index in [0.29, 0.717) is 17.4 Å². The molecule has 6 nitrogen and oxygen atoms in total. The minimum absolute atomic E-state index is 0.0237. The number of allylic oxidation sites excluding steroid dienone is 2. The summed E-state index contributed by atoms with van der Waals surface area (Å²) in [4.78, 5) is 51.6. The number of likely N-dealkylation sites (tertiary alicyclic amines) is 1. The lowest BCUT2D eigenvalue weighted by atomic mass is 9.63. The van der Waals surface area contributed by atoms with Crippen LogP contribution in [0.3, 0.4) is 0 Å². The Morgan fingerprint density at radius 3 is 2.30 bits per heavy atom. The molecule has 0 unspecified atom stereocenters. The van der Waals surface area contributed by atoms with Gasteiger partial charge in [-0.05, 0) is 55.6 Å². The number of benzene rings is 1. The number of nitrogens with zero attached hydrogens (tertiary/aromatic N) is 1. The van der Waals surface area contributed by atoms with Crippen LogP contribution in [0, 0.1) is 49.4 Å². The van der Waals surface area contributed by atoms with Crippen molar-refractivity contribution >= 4 is 23.6 Å². The normalized spacial score (nSPS) is 32.8. The Bertz CT molecular complexity index is 959. The van der Waals surface area contributed by atoms with Gasteiger partial charge in [0, 0.05) is 12.1 Å². The fourth-order valence-corrected chi connectivity index (χ4v) is 5.77. The number of carbonyl (C=O) groups excluding carboxylic acids is 4. The summed E-state index contributed by atoms with van der Waals surface area (Å²) in [5, 5.41) is 0. The summed E-state index contributed by atoms with van der Waals surface area (Å²) in [6.07, 6.45) is 5.28. The van der Waals surface area contributed by atoms with Gasteiger partial charge >= 0.3 is 5.97 Å². The van der Waals surface area contributed by atoms with Gasteiger partial charge in [-0.1, -0.05) is 29.8 Å². The standard InChI is InChI=1S/C24H25NO5/c1-12-3-4-13(2)16(9-12)19(26)11-30-20(27)7-8-25-23(28)21-14-5-6-15(18-10-17(14)18)22(21)24(25)29/h3-6,9,14-15,17-18,21-22H,7-8,10-11H2,1-2H3/t14-,15+,17-,18-,21+,22+/m1/s1. The molecule has 0 spiro atoms. The first-order valence-electron chi connectivity index (χ1n) is 10.7. The Morgan fingerprint density at radius 2 is 1.67 bits per heavy atom. The lowest BCUT2D eigenvalue weighted by Crippen LogP contribution is -2.40. The van der Waals surface area contributed by atoms with E-state index in [-0.39, 0.29) is 60.8 Å². The predicted octanol–water partition coefficient (Wildman–Crippen LogP) is 2.47. The number of Topliss-reactive ketones (excluding diaryl/α,β-unsaturated/α-hetero) is 1. The van der Waals surface area contributed by atoms with Crippen molar-refractivity contribution in [2.45, 2.75) is 26.7 Å². The molecule has 0 aromatic heterocycles. The van der Waals surface area contributed by atoms with Gasteiger partial charge in [0.2, 0.25) is 17.6 Å². The maximum Gasteiger partial charge on any atom is 0.308 e. The fraction of sp³-hybridized carbons (Fsp3) is 0.500. The molecule has 1 heterocycles. The van der Waals surface area contributed by atoms with E-state index < -0.39 is 5.97 Å². The van der Waals surface area contributed by atoms with Gasteiger partial charge in [-0.3, -0.25) is 24.1 Å². The number of carbonyl (C=O) groups is 4. The van der Waals surface area contributed by atoms with Crippen molar-refractivity contribution in [3.05, 3.63) is 47.0 Å². The molecule has 4 aliphatic carbocycles. The molecule has 0 radical (unpaired) electrons. The zero-order valence-electron chi connectivity index (χ0n) is 17.2. The van der Waals surface area contributed by atoms with Crippen LogP contribution < -0.4 is 0 Å². The van der Waals surface area contributed by atoms with E-state index >= 15 is 0 Å². The van der Waals surface area contributed by atoms with Crippen molar-refractivity contribution in [1.29, 1.82) is 0 Å². The van der Waals surface area contributed by atoms with E-state index in [1.165, 1.54) is 4.90 Å². The van der Waals surface area contributed by atoms with Crippen molar-refractivity contribution in [2.75, 3.05) is 13.2 Å². The highest BCUT2D eigenvalue weighted by Crippen LogP contribution is 2.65. The molecule has 0 N–H and O–H groups in total. The van der Waals surface area contributed by atoms with Crippen LogP contribution in [0.15, 0.2) is 30.4 Å². The fourth-order valence-electron chi connectivity index (χ4n) is 5.77. The monoisotopic (exact) mass is 407 g/mol. The molecule has 6 atom stereocenters. The molecular formula is C24H25NO5. The predicted molar refractivity (Wildman–Crippen MR) is 107 cm³/mol. The second-order valence-corrected chi connectivity index (χ2v) is 9.13. The molecule has 2 saturated carbocycles. The quantitative estimate of drug-likeness (QED) is 0.313. The molecule has 1 aromatic rings. The van der Waals surface area contributed by atoms with Gasteiger partial charge in [-0.2, -0.15) is 0 Å². The van der Waals surface area contributed by atoms with Crippen molar-refractivity contribution < 1.29 is 23.9 Å². The third kappa shape index (κ3) is 2.92.